The van der Waals surface area contributed by atoms with Crippen molar-refractivity contribution in [1.29, 1.82) is 0 Å². The van der Waals surface area contributed by atoms with Gasteiger partial charge in [0.15, 0.2) is 0 Å². The van der Waals surface area contributed by atoms with Crippen LogP contribution < -0.4 is 5.32 Å². The van der Waals surface area contributed by atoms with Crippen molar-refractivity contribution in [3.05, 3.63) is 124 Å². The number of rotatable bonds is 15. The molecule has 3 N–H and O–H groups in total. The van der Waals surface area contributed by atoms with E-state index in [0.29, 0.717) is 6.42 Å². The lowest BCUT2D eigenvalue weighted by molar-refractivity contribution is 0.404. The fourth-order valence-electron chi connectivity index (χ4n) is 8.26. The molecule has 0 saturated heterocycles. The maximum absolute atomic E-state index is 5.57. The first-order valence-electron chi connectivity index (χ1n) is 20.6. The molecule has 0 aliphatic carbocycles. The van der Waals surface area contributed by atoms with Gasteiger partial charge in [-0.3, -0.25) is 4.98 Å². The summed E-state index contributed by atoms with van der Waals surface area (Å²) < 4.78 is 0. The predicted molar refractivity (Wildman–Crippen MR) is 240 cm³/mol. The van der Waals surface area contributed by atoms with Crippen molar-refractivity contribution in [2.75, 3.05) is 6.54 Å². The molecular formula is C50H67N5. The van der Waals surface area contributed by atoms with Gasteiger partial charge in [0.2, 0.25) is 0 Å². The third kappa shape index (κ3) is 9.43. The molecule has 0 spiro atoms. The third-order valence-corrected chi connectivity index (χ3v) is 11.5. The summed E-state index contributed by atoms with van der Waals surface area (Å²) in [6.07, 6.45) is 12.6. The summed E-state index contributed by atoms with van der Waals surface area (Å²) >= 11 is 0. The van der Waals surface area contributed by atoms with Crippen molar-refractivity contribution in [2.45, 2.75) is 133 Å². The summed E-state index contributed by atoms with van der Waals surface area (Å²) in [5, 5.41) is 3.72. The van der Waals surface area contributed by atoms with Crippen LogP contribution in [-0.4, -0.2) is 26.5 Å². The van der Waals surface area contributed by atoms with E-state index < -0.39 is 0 Å². The molecule has 0 aromatic carbocycles. The van der Waals surface area contributed by atoms with Crippen LogP contribution in [0.4, 0.5) is 0 Å². The van der Waals surface area contributed by atoms with E-state index >= 15 is 0 Å². The summed E-state index contributed by atoms with van der Waals surface area (Å²) in [7, 11) is 0. The molecule has 55 heavy (non-hydrogen) atoms. The van der Waals surface area contributed by atoms with E-state index in [1.807, 2.05) is 0 Å². The van der Waals surface area contributed by atoms with Crippen LogP contribution in [0.5, 0.6) is 0 Å². The van der Waals surface area contributed by atoms with Gasteiger partial charge in [0, 0.05) is 68.3 Å². The smallest absolute Gasteiger partial charge is 0.0786 e. The molecule has 0 saturated carbocycles. The topological polar surface area (TPSA) is 69.4 Å². The number of H-pyrrole nitrogens is 2. The van der Waals surface area contributed by atoms with E-state index in [2.05, 4.69) is 141 Å². The minimum absolute atomic E-state index is 0.209. The first-order valence-corrected chi connectivity index (χ1v) is 20.6. The number of aromatic amines is 2. The number of nitrogens with zero attached hydrogens (tertiary/aromatic N) is 2. The number of fused-ring (bicyclic) bond motifs is 8. The number of aryl methyl sites for hydroxylation is 3. The second-order valence-corrected chi connectivity index (χ2v) is 17.1. The summed E-state index contributed by atoms with van der Waals surface area (Å²) in [5.41, 5.74) is 21.7. The third-order valence-electron chi connectivity index (χ3n) is 11.5. The van der Waals surface area contributed by atoms with Crippen LogP contribution in [0.2, 0.25) is 0 Å². The molecule has 8 bridgehead atoms. The molecule has 5 rings (SSSR count). The molecule has 2 aliphatic rings. The Kier molecular flexibility index (Phi) is 13.2. The Morgan fingerprint density at radius 3 is 2.18 bits per heavy atom. The molecular weight excluding hydrogens is 671 g/mol. The summed E-state index contributed by atoms with van der Waals surface area (Å²) in [6, 6.07) is 6.81. The molecule has 5 heteroatoms. The number of hydrogen-bond acceptors (Lipinski definition) is 3. The minimum atomic E-state index is 0.209. The Balaban J connectivity index is 1.86. The normalized spacial score (nSPS) is 14.5. The molecule has 3 aromatic rings. The highest BCUT2D eigenvalue weighted by Gasteiger charge is 2.30. The SMILES string of the molecule is C=C(CC)CC[C@H]1Cc2cc3[nH]c(cc4[nH]c(cc5nc(c(CC(=C)CC)c1n2)C(C(=C)NCCC(=C)CC(C)(C)C)=C5C)c(CC)c4C)c(/C=C/C)c3C. The fraction of sp³-hybridized carbons (Fsp3) is 0.440. The molecule has 5 nitrogen and oxygen atoms in total. The van der Waals surface area contributed by atoms with E-state index in [1.165, 1.54) is 44.5 Å². The van der Waals surface area contributed by atoms with Crippen LogP contribution in [0.25, 0.3) is 39.3 Å². The largest absolute Gasteiger partial charge is 0.385 e. The molecule has 0 fully saturated rings. The van der Waals surface area contributed by atoms with Crippen molar-refractivity contribution in [3.8, 4) is 0 Å². The number of allylic oxidation sites excluding steroid dienone is 5. The summed E-state index contributed by atoms with van der Waals surface area (Å²) in [5.74, 6) is 0.236. The second-order valence-electron chi connectivity index (χ2n) is 17.1. The fourth-order valence-corrected chi connectivity index (χ4v) is 8.26. The van der Waals surface area contributed by atoms with Crippen molar-refractivity contribution in [3.63, 3.8) is 0 Å². The second kappa shape index (κ2) is 17.4. The quantitative estimate of drug-likeness (QED) is 0.136. The maximum Gasteiger partial charge on any atom is 0.0786 e. The van der Waals surface area contributed by atoms with Crippen LogP contribution in [0, 0.1) is 19.3 Å². The van der Waals surface area contributed by atoms with Gasteiger partial charge in [0.05, 0.1) is 11.4 Å². The van der Waals surface area contributed by atoms with Gasteiger partial charge in [-0.15, -0.1) is 0 Å². The zero-order valence-corrected chi connectivity index (χ0v) is 35.8. The molecule has 3 aromatic heterocycles. The van der Waals surface area contributed by atoms with Crippen LogP contribution in [0.15, 0.2) is 73.0 Å². The van der Waals surface area contributed by atoms with Gasteiger partial charge in [-0.05, 0) is 131 Å². The van der Waals surface area contributed by atoms with E-state index in [9.17, 15) is 0 Å². The Bertz CT molecular complexity index is 2220. The average molecular weight is 738 g/mol. The molecule has 0 unspecified atom stereocenters. The van der Waals surface area contributed by atoms with Gasteiger partial charge >= 0.3 is 0 Å². The van der Waals surface area contributed by atoms with Crippen molar-refractivity contribution >= 4 is 39.3 Å². The lowest BCUT2D eigenvalue weighted by Crippen LogP contribution is -2.17. The van der Waals surface area contributed by atoms with E-state index in [0.717, 1.165) is 120 Å². The highest BCUT2D eigenvalue weighted by atomic mass is 14.9. The Hall–Kier alpha value is -4.64. The summed E-state index contributed by atoms with van der Waals surface area (Å²) in [4.78, 5) is 18.8. The van der Waals surface area contributed by atoms with Crippen LogP contribution >= 0.6 is 0 Å². The van der Waals surface area contributed by atoms with Crippen LogP contribution in [-0.2, 0) is 19.3 Å². The maximum atomic E-state index is 5.57. The van der Waals surface area contributed by atoms with Crippen molar-refractivity contribution < 1.29 is 0 Å². The van der Waals surface area contributed by atoms with Crippen LogP contribution in [0.3, 0.4) is 0 Å². The summed E-state index contributed by atoms with van der Waals surface area (Å²) in [6.45, 7) is 41.0. The highest BCUT2D eigenvalue weighted by Crippen LogP contribution is 2.41. The Morgan fingerprint density at radius 1 is 0.836 bits per heavy atom. The monoisotopic (exact) mass is 738 g/mol. The van der Waals surface area contributed by atoms with Crippen molar-refractivity contribution in [2.24, 2.45) is 5.41 Å². The van der Waals surface area contributed by atoms with Crippen LogP contribution in [0.1, 0.15) is 150 Å². The first-order chi connectivity index (χ1) is 26.1. The molecule has 0 amide bonds. The number of nitrogens with one attached hydrogen (secondary N) is 3. The minimum Gasteiger partial charge on any atom is -0.385 e. The molecule has 0 radical (unpaired) electrons. The molecule has 5 heterocycles. The van der Waals surface area contributed by atoms with E-state index in [4.69, 9.17) is 9.97 Å². The van der Waals surface area contributed by atoms with Crippen molar-refractivity contribution in [1.82, 2.24) is 25.3 Å². The standard InChI is InChI=1S/C50H67N5/c1-15-19-40-34(9)42-26-38-25-37(21-20-30(5)16-2)48(52-38)41(24-31(6)17-3)49-47(36(11)51-23-22-32(7)29-50(12,13)14)35(10)44(55-49)28-45-39(18-4)33(8)43(54-45)27-46(40)53-42/h15,19,26-28,37,51,53-54H,5-7,11,16-18,20-25,29H2,1-4,8-10,12-14H3/b19-15+,38-26?,42-26?,43-27?,44-28?,45-28?,46-27?,48-41?,49-41?/t37-/m0/s1. The van der Waals surface area contributed by atoms with Gasteiger partial charge in [-0.25, -0.2) is 4.98 Å². The number of aromatic nitrogens is 4. The first kappa shape index (κ1) is 41.5. The highest BCUT2D eigenvalue weighted by molar-refractivity contribution is 5.99. The Morgan fingerprint density at radius 2 is 1.53 bits per heavy atom. The van der Waals surface area contributed by atoms with E-state index in [-0.39, 0.29) is 11.3 Å². The van der Waals surface area contributed by atoms with Gasteiger partial charge in [-0.1, -0.05) is 96.7 Å². The predicted octanol–water partition coefficient (Wildman–Crippen LogP) is 13.5. The van der Waals surface area contributed by atoms with Gasteiger partial charge in [-0.2, -0.15) is 0 Å². The average Bonchev–Trinajstić information content (AvgIpc) is 3.84. The van der Waals surface area contributed by atoms with Gasteiger partial charge in [0.25, 0.3) is 0 Å². The number of hydrogen-bond donors (Lipinski definition) is 3. The van der Waals surface area contributed by atoms with Gasteiger partial charge in [0.1, 0.15) is 0 Å². The molecule has 2 aliphatic heterocycles. The van der Waals surface area contributed by atoms with E-state index in [1.54, 1.807) is 0 Å². The molecule has 1 atom stereocenters. The van der Waals surface area contributed by atoms with Gasteiger partial charge < -0.3 is 15.3 Å². The Labute approximate surface area is 332 Å². The lowest BCUT2D eigenvalue weighted by atomic mass is 9.87. The molecule has 292 valence electrons. The zero-order valence-electron chi connectivity index (χ0n) is 35.8. The zero-order chi connectivity index (χ0) is 40.2. The lowest BCUT2D eigenvalue weighted by Gasteiger charge is -2.21.